The summed E-state index contributed by atoms with van der Waals surface area (Å²) in [5.74, 6) is -0.242. The number of methoxy groups -OCH3 is 1. The Morgan fingerprint density at radius 3 is 3.06 bits per heavy atom. The maximum atomic E-state index is 11.2. The first-order valence-electron chi connectivity index (χ1n) is 6.40. The van der Waals surface area contributed by atoms with Crippen LogP contribution in [-0.2, 0) is 19.0 Å². The van der Waals surface area contributed by atoms with Crippen molar-refractivity contribution in [1.82, 2.24) is 5.32 Å². The molecule has 0 unspecified atom stereocenters. The molecule has 4 atom stereocenters. The summed E-state index contributed by atoms with van der Waals surface area (Å²) in [5, 5.41) is 12.8. The second-order valence-corrected chi connectivity index (χ2v) is 4.86. The molecule has 2 aliphatic rings. The van der Waals surface area contributed by atoms with Crippen molar-refractivity contribution in [3.63, 3.8) is 0 Å². The molecule has 0 aromatic carbocycles. The summed E-state index contributed by atoms with van der Waals surface area (Å²) < 4.78 is 15.9. The van der Waals surface area contributed by atoms with Gasteiger partial charge in [0.25, 0.3) is 0 Å². The highest BCUT2D eigenvalue weighted by Crippen LogP contribution is 2.23. The molecule has 18 heavy (non-hydrogen) atoms. The standard InChI is InChI=1S/C12H21NO5/c1-16-12(15)4-9-2-3-10-11(18-9)7-17-6-8(14)5-13-10/h8-11,13-14H,2-7H2,1H3/t8-,9+,10-,11+/m1/s1. The molecule has 0 aromatic heterocycles. The summed E-state index contributed by atoms with van der Waals surface area (Å²) in [7, 11) is 1.38. The van der Waals surface area contributed by atoms with Crippen LogP contribution in [-0.4, -0.2) is 62.3 Å². The number of nitrogens with one attached hydrogen (secondary N) is 1. The number of rotatable bonds is 2. The number of carbonyl (C=O) groups excluding carboxylic acids is 1. The number of fused-ring (bicyclic) bond motifs is 1. The van der Waals surface area contributed by atoms with Gasteiger partial charge in [0.15, 0.2) is 0 Å². The molecule has 2 saturated heterocycles. The Morgan fingerprint density at radius 1 is 1.44 bits per heavy atom. The average molecular weight is 259 g/mol. The Bertz CT molecular complexity index is 286. The van der Waals surface area contributed by atoms with E-state index in [0.29, 0.717) is 26.2 Å². The molecule has 6 nitrogen and oxygen atoms in total. The predicted octanol–water partition coefficient (Wildman–Crippen LogP) is -0.554. The highest BCUT2D eigenvalue weighted by molar-refractivity contribution is 5.69. The van der Waals surface area contributed by atoms with E-state index >= 15 is 0 Å². The molecular formula is C12H21NO5. The zero-order valence-electron chi connectivity index (χ0n) is 10.6. The van der Waals surface area contributed by atoms with Gasteiger partial charge in [-0.2, -0.15) is 0 Å². The number of esters is 1. The van der Waals surface area contributed by atoms with E-state index in [9.17, 15) is 9.90 Å². The number of carbonyl (C=O) groups is 1. The highest BCUT2D eigenvalue weighted by Gasteiger charge is 2.33. The van der Waals surface area contributed by atoms with Crippen LogP contribution in [0.5, 0.6) is 0 Å². The Hall–Kier alpha value is -0.690. The summed E-state index contributed by atoms with van der Waals surface area (Å²) in [4.78, 5) is 11.2. The zero-order chi connectivity index (χ0) is 13.0. The quantitative estimate of drug-likeness (QED) is 0.648. The van der Waals surface area contributed by atoms with Gasteiger partial charge >= 0.3 is 5.97 Å². The van der Waals surface area contributed by atoms with Crippen molar-refractivity contribution in [2.24, 2.45) is 0 Å². The molecule has 0 spiro atoms. The van der Waals surface area contributed by atoms with Crippen molar-refractivity contribution in [1.29, 1.82) is 0 Å². The van der Waals surface area contributed by atoms with Crippen molar-refractivity contribution < 1.29 is 24.1 Å². The second kappa shape index (κ2) is 6.47. The highest BCUT2D eigenvalue weighted by atomic mass is 16.6. The number of β-amino-alcohol motifs (C(OH)–C–C–N with tert-alkyl or cyclic N) is 1. The van der Waals surface area contributed by atoms with E-state index in [1.165, 1.54) is 7.11 Å². The van der Waals surface area contributed by atoms with E-state index in [-0.39, 0.29) is 24.2 Å². The van der Waals surface area contributed by atoms with Crippen molar-refractivity contribution in [2.75, 3.05) is 26.9 Å². The van der Waals surface area contributed by atoms with Gasteiger partial charge in [-0.1, -0.05) is 0 Å². The molecule has 2 N–H and O–H groups in total. The zero-order valence-corrected chi connectivity index (χ0v) is 10.6. The Kier molecular flexibility index (Phi) is 4.94. The minimum Gasteiger partial charge on any atom is -0.469 e. The molecule has 2 fully saturated rings. The Balaban J connectivity index is 1.85. The third-order valence-corrected chi connectivity index (χ3v) is 3.45. The Morgan fingerprint density at radius 2 is 2.28 bits per heavy atom. The molecule has 0 saturated carbocycles. The van der Waals surface area contributed by atoms with Crippen LogP contribution in [0.15, 0.2) is 0 Å². The normalized spacial score (nSPS) is 37.2. The predicted molar refractivity (Wildman–Crippen MR) is 63.1 cm³/mol. The third-order valence-electron chi connectivity index (χ3n) is 3.45. The summed E-state index contributed by atoms with van der Waals surface area (Å²) in [6, 6.07) is 0.189. The smallest absolute Gasteiger partial charge is 0.308 e. The summed E-state index contributed by atoms with van der Waals surface area (Å²) in [5.41, 5.74) is 0. The average Bonchev–Trinajstić information content (AvgIpc) is 2.35. The van der Waals surface area contributed by atoms with Crippen molar-refractivity contribution in [3.8, 4) is 0 Å². The first kappa shape index (κ1) is 13.7. The fraction of sp³-hybridized carbons (Fsp3) is 0.917. The van der Waals surface area contributed by atoms with Crippen LogP contribution in [0.1, 0.15) is 19.3 Å². The van der Waals surface area contributed by atoms with Crippen LogP contribution in [0.3, 0.4) is 0 Å². The minimum absolute atomic E-state index is 0.0547. The van der Waals surface area contributed by atoms with Crippen LogP contribution < -0.4 is 5.32 Å². The molecular weight excluding hydrogens is 238 g/mol. The summed E-state index contributed by atoms with van der Waals surface area (Å²) >= 11 is 0. The monoisotopic (exact) mass is 259 g/mol. The fourth-order valence-corrected chi connectivity index (χ4v) is 2.44. The molecule has 0 aliphatic carbocycles. The lowest BCUT2D eigenvalue weighted by molar-refractivity contribution is -0.152. The van der Waals surface area contributed by atoms with Crippen LogP contribution >= 0.6 is 0 Å². The van der Waals surface area contributed by atoms with Gasteiger partial charge in [-0.05, 0) is 12.8 Å². The maximum absolute atomic E-state index is 11.2. The number of hydrogen-bond acceptors (Lipinski definition) is 6. The third kappa shape index (κ3) is 3.65. The molecule has 6 heteroatoms. The van der Waals surface area contributed by atoms with E-state index in [2.05, 4.69) is 10.1 Å². The second-order valence-electron chi connectivity index (χ2n) is 4.86. The topological polar surface area (TPSA) is 77.0 Å². The lowest BCUT2D eigenvalue weighted by Gasteiger charge is -2.38. The van der Waals surface area contributed by atoms with Gasteiger partial charge in [0, 0.05) is 12.6 Å². The first-order chi connectivity index (χ1) is 8.69. The van der Waals surface area contributed by atoms with Gasteiger partial charge in [-0.15, -0.1) is 0 Å². The van der Waals surface area contributed by atoms with E-state index in [4.69, 9.17) is 9.47 Å². The van der Waals surface area contributed by atoms with Gasteiger partial charge in [-0.3, -0.25) is 4.79 Å². The van der Waals surface area contributed by atoms with E-state index in [1.807, 2.05) is 0 Å². The van der Waals surface area contributed by atoms with Gasteiger partial charge in [0.05, 0.1) is 45.1 Å². The lowest BCUT2D eigenvalue weighted by atomic mass is 9.96. The largest absolute Gasteiger partial charge is 0.469 e. The molecule has 0 radical (unpaired) electrons. The van der Waals surface area contributed by atoms with Crippen molar-refractivity contribution in [3.05, 3.63) is 0 Å². The van der Waals surface area contributed by atoms with Gasteiger partial charge in [-0.25, -0.2) is 0 Å². The molecule has 0 amide bonds. The lowest BCUT2D eigenvalue weighted by Crippen LogP contribution is -2.53. The molecule has 0 bridgehead atoms. The molecule has 2 aliphatic heterocycles. The van der Waals surface area contributed by atoms with Gasteiger partial charge < -0.3 is 24.6 Å². The van der Waals surface area contributed by atoms with Gasteiger partial charge in [0.1, 0.15) is 0 Å². The maximum Gasteiger partial charge on any atom is 0.308 e. The minimum atomic E-state index is -0.459. The van der Waals surface area contributed by atoms with Crippen molar-refractivity contribution in [2.45, 2.75) is 43.6 Å². The number of ether oxygens (including phenoxy) is 3. The SMILES string of the molecule is COC(=O)C[C@@H]1CC[C@H]2NC[C@@H](O)COC[C@@H]2O1. The van der Waals surface area contributed by atoms with E-state index < -0.39 is 6.10 Å². The molecule has 104 valence electrons. The van der Waals surface area contributed by atoms with E-state index in [0.717, 1.165) is 12.8 Å². The molecule has 2 rings (SSSR count). The molecule has 2 heterocycles. The number of aliphatic hydroxyl groups is 1. The number of aliphatic hydroxyl groups excluding tert-OH is 1. The van der Waals surface area contributed by atoms with Crippen LogP contribution in [0.4, 0.5) is 0 Å². The fourth-order valence-electron chi connectivity index (χ4n) is 2.44. The first-order valence-corrected chi connectivity index (χ1v) is 6.40. The van der Waals surface area contributed by atoms with E-state index in [1.54, 1.807) is 0 Å². The summed E-state index contributed by atoms with van der Waals surface area (Å²) in [6.07, 6.45) is 1.43. The van der Waals surface area contributed by atoms with Crippen LogP contribution in [0.2, 0.25) is 0 Å². The van der Waals surface area contributed by atoms with Crippen LogP contribution in [0.25, 0.3) is 0 Å². The molecule has 0 aromatic rings. The van der Waals surface area contributed by atoms with Gasteiger partial charge in [0.2, 0.25) is 0 Å². The van der Waals surface area contributed by atoms with Crippen LogP contribution in [0, 0.1) is 0 Å². The number of hydrogen-bond donors (Lipinski definition) is 2. The van der Waals surface area contributed by atoms with Crippen molar-refractivity contribution >= 4 is 5.97 Å². The Labute approximate surface area is 107 Å². The summed E-state index contributed by atoms with van der Waals surface area (Å²) in [6.45, 7) is 1.29.